The molecule has 98 valence electrons. The minimum Gasteiger partial charge on any atom is -0.478 e. The number of esters is 1. The predicted octanol–water partition coefficient (Wildman–Crippen LogP) is 2.44. The van der Waals surface area contributed by atoms with Crippen LogP contribution in [0, 0.1) is 0 Å². The van der Waals surface area contributed by atoms with E-state index in [1.807, 2.05) is 30.3 Å². The molecular weight excluding hydrogens is 244 g/mol. The van der Waals surface area contributed by atoms with Crippen molar-refractivity contribution >= 4 is 18.0 Å². The molecule has 1 aromatic carbocycles. The number of rotatable bonds is 5. The number of hydrogen-bond acceptors (Lipinski definition) is 3. The molecule has 0 amide bonds. The van der Waals surface area contributed by atoms with Gasteiger partial charge in [-0.3, -0.25) is 0 Å². The third-order valence-corrected chi connectivity index (χ3v) is 2.19. The lowest BCUT2D eigenvalue weighted by atomic mass is 10.1. The number of ether oxygens (including phenoxy) is 1. The Hall–Kier alpha value is -2.62. The largest absolute Gasteiger partial charge is 0.478 e. The Labute approximate surface area is 111 Å². The van der Waals surface area contributed by atoms with Gasteiger partial charge in [0.1, 0.15) is 0 Å². The Morgan fingerprint density at radius 1 is 1.16 bits per heavy atom. The number of benzene rings is 1. The van der Waals surface area contributed by atoms with Crippen LogP contribution in [0.1, 0.15) is 5.56 Å². The second-order valence-corrected chi connectivity index (χ2v) is 3.55. The summed E-state index contributed by atoms with van der Waals surface area (Å²) < 4.78 is 4.62. The summed E-state index contributed by atoms with van der Waals surface area (Å²) in [7, 11) is 1.27. The molecule has 1 rings (SSSR count). The fourth-order valence-electron chi connectivity index (χ4n) is 1.29. The first-order valence-electron chi connectivity index (χ1n) is 5.56. The van der Waals surface area contributed by atoms with Crippen LogP contribution < -0.4 is 0 Å². The van der Waals surface area contributed by atoms with E-state index in [0.29, 0.717) is 0 Å². The van der Waals surface area contributed by atoms with Crippen LogP contribution in [-0.4, -0.2) is 24.2 Å². The van der Waals surface area contributed by atoms with Crippen molar-refractivity contribution in [1.29, 1.82) is 0 Å². The number of allylic oxidation sites excluding steroid dienone is 2. The zero-order valence-corrected chi connectivity index (χ0v) is 10.4. The van der Waals surface area contributed by atoms with Crippen molar-refractivity contribution in [2.24, 2.45) is 0 Å². The van der Waals surface area contributed by atoms with Gasteiger partial charge in [0.2, 0.25) is 0 Å². The van der Waals surface area contributed by atoms with Gasteiger partial charge in [-0.05, 0) is 17.7 Å². The van der Waals surface area contributed by atoms with Crippen LogP contribution in [0.25, 0.3) is 6.08 Å². The van der Waals surface area contributed by atoms with Gasteiger partial charge in [-0.15, -0.1) is 0 Å². The molecule has 0 bridgehead atoms. The van der Waals surface area contributed by atoms with Crippen molar-refractivity contribution < 1.29 is 19.4 Å². The normalized spacial score (nSPS) is 11.9. The van der Waals surface area contributed by atoms with Crippen LogP contribution in [-0.2, 0) is 14.3 Å². The van der Waals surface area contributed by atoms with E-state index in [4.69, 9.17) is 5.11 Å². The molecular formula is C15H14O4. The second-order valence-electron chi connectivity index (χ2n) is 3.55. The van der Waals surface area contributed by atoms with E-state index >= 15 is 0 Å². The number of methoxy groups -OCH3 is 1. The van der Waals surface area contributed by atoms with E-state index in [2.05, 4.69) is 4.74 Å². The van der Waals surface area contributed by atoms with Gasteiger partial charge in [-0.1, -0.05) is 42.5 Å². The van der Waals surface area contributed by atoms with Gasteiger partial charge in [0, 0.05) is 6.08 Å². The fourth-order valence-corrected chi connectivity index (χ4v) is 1.29. The molecule has 4 nitrogen and oxygen atoms in total. The lowest BCUT2D eigenvalue weighted by Crippen LogP contribution is -2.02. The monoisotopic (exact) mass is 258 g/mol. The van der Waals surface area contributed by atoms with Crippen LogP contribution in [0.4, 0.5) is 0 Å². The third-order valence-electron chi connectivity index (χ3n) is 2.19. The van der Waals surface area contributed by atoms with Crippen molar-refractivity contribution in [3.63, 3.8) is 0 Å². The molecule has 0 aliphatic carbocycles. The number of carboxylic acid groups (broad SMARTS) is 1. The number of carbonyl (C=O) groups excluding carboxylic acids is 1. The van der Waals surface area contributed by atoms with Crippen LogP contribution in [0.5, 0.6) is 0 Å². The molecule has 0 saturated carbocycles. The zero-order valence-electron chi connectivity index (χ0n) is 10.4. The molecule has 0 radical (unpaired) electrons. The first-order valence-corrected chi connectivity index (χ1v) is 5.56. The van der Waals surface area contributed by atoms with Gasteiger partial charge in [-0.2, -0.15) is 0 Å². The average molecular weight is 258 g/mol. The molecule has 0 aromatic heterocycles. The van der Waals surface area contributed by atoms with Gasteiger partial charge in [0.25, 0.3) is 0 Å². The summed E-state index contributed by atoms with van der Waals surface area (Å²) in [4.78, 5) is 21.8. The van der Waals surface area contributed by atoms with E-state index in [1.165, 1.54) is 19.3 Å². The van der Waals surface area contributed by atoms with E-state index in [0.717, 1.165) is 11.6 Å². The summed E-state index contributed by atoms with van der Waals surface area (Å²) in [6.45, 7) is 0. The highest BCUT2D eigenvalue weighted by Gasteiger charge is 2.04. The molecule has 0 spiro atoms. The SMILES string of the molecule is COC(=O)C(C=Cc1ccccc1)=CC=CC(=O)O. The lowest BCUT2D eigenvalue weighted by molar-refractivity contribution is -0.135. The number of aliphatic carboxylic acids is 1. The highest BCUT2D eigenvalue weighted by Crippen LogP contribution is 2.07. The highest BCUT2D eigenvalue weighted by molar-refractivity contribution is 5.93. The molecule has 0 aliphatic heterocycles. The standard InChI is InChI=1S/C15H14O4/c1-19-15(18)13(8-5-9-14(16)17)11-10-12-6-3-2-4-7-12/h2-11H,1H3,(H,16,17). The van der Waals surface area contributed by atoms with Crippen molar-refractivity contribution in [2.45, 2.75) is 0 Å². The van der Waals surface area contributed by atoms with Crippen LogP contribution in [0.2, 0.25) is 0 Å². The molecule has 0 heterocycles. The summed E-state index contributed by atoms with van der Waals surface area (Å²) >= 11 is 0. The molecule has 0 aliphatic rings. The van der Waals surface area contributed by atoms with Gasteiger partial charge in [0.05, 0.1) is 12.7 Å². The minimum absolute atomic E-state index is 0.267. The van der Waals surface area contributed by atoms with Crippen molar-refractivity contribution in [3.05, 3.63) is 65.8 Å². The summed E-state index contributed by atoms with van der Waals surface area (Å²) in [5.74, 6) is -1.60. The molecule has 4 heteroatoms. The van der Waals surface area contributed by atoms with E-state index in [-0.39, 0.29) is 5.57 Å². The van der Waals surface area contributed by atoms with Crippen LogP contribution in [0.3, 0.4) is 0 Å². The maximum absolute atomic E-state index is 11.5. The Bertz CT molecular complexity index is 524. The smallest absolute Gasteiger partial charge is 0.337 e. The Kier molecular flexibility index (Phi) is 5.82. The van der Waals surface area contributed by atoms with Crippen molar-refractivity contribution in [2.75, 3.05) is 7.11 Å². The topological polar surface area (TPSA) is 63.6 Å². The molecule has 1 N–H and O–H groups in total. The maximum atomic E-state index is 11.5. The molecule has 0 unspecified atom stereocenters. The molecule has 0 fully saturated rings. The second kappa shape index (κ2) is 7.66. The Morgan fingerprint density at radius 2 is 1.84 bits per heavy atom. The fraction of sp³-hybridized carbons (Fsp3) is 0.0667. The highest BCUT2D eigenvalue weighted by atomic mass is 16.5. The van der Waals surface area contributed by atoms with Crippen LogP contribution in [0.15, 0.2) is 60.2 Å². The van der Waals surface area contributed by atoms with Gasteiger partial charge in [0.15, 0.2) is 0 Å². The number of carboxylic acids is 1. The Balaban J connectivity index is 2.90. The molecule has 0 saturated heterocycles. The third kappa shape index (κ3) is 5.50. The Morgan fingerprint density at radius 3 is 2.42 bits per heavy atom. The van der Waals surface area contributed by atoms with Crippen molar-refractivity contribution in [1.82, 2.24) is 0 Å². The number of hydrogen-bond donors (Lipinski definition) is 1. The summed E-state index contributed by atoms with van der Waals surface area (Å²) in [6.07, 6.45) is 6.94. The van der Waals surface area contributed by atoms with Crippen molar-refractivity contribution in [3.8, 4) is 0 Å². The van der Waals surface area contributed by atoms with Gasteiger partial charge >= 0.3 is 11.9 Å². The predicted molar refractivity (Wildman–Crippen MR) is 72.4 cm³/mol. The minimum atomic E-state index is -1.08. The van der Waals surface area contributed by atoms with E-state index in [1.54, 1.807) is 12.2 Å². The van der Waals surface area contributed by atoms with Gasteiger partial charge < -0.3 is 9.84 Å². The first kappa shape index (κ1) is 14.4. The van der Waals surface area contributed by atoms with E-state index in [9.17, 15) is 9.59 Å². The first-order chi connectivity index (χ1) is 9.13. The summed E-state index contributed by atoms with van der Waals surface area (Å²) in [5, 5.41) is 8.48. The zero-order chi connectivity index (χ0) is 14.1. The molecule has 19 heavy (non-hydrogen) atoms. The molecule has 1 aromatic rings. The summed E-state index contributed by atoms with van der Waals surface area (Å²) in [5.41, 5.74) is 1.20. The molecule has 0 atom stereocenters. The number of carbonyl (C=O) groups is 2. The average Bonchev–Trinajstić information content (AvgIpc) is 2.42. The van der Waals surface area contributed by atoms with Gasteiger partial charge in [-0.25, -0.2) is 9.59 Å². The quantitative estimate of drug-likeness (QED) is 0.500. The van der Waals surface area contributed by atoms with E-state index < -0.39 is 11.9 Å². The van der Waals surface area contributed by atoms with Crippen LogP contribution >= 0.6 is 0 Å². The summed E-state index contributed by atoms with van der Waals surface area (Å²) in [6, 6.07) is 9.43. The lowest BCUT2D eigenvalue weighted by Gasteiger charge is -1.98. The maximum Gasteiger partial charge on any atom is 0.337 e.